The monoisotopic (exact) mass is 441 g/mol. The van der Waals surface area contributed by atoms with Crippen molar-refractivity contribution in [3.05, 3.63) is 70.0 Å². The van der Waals surface area contributed by atoms with Gasteiger partial charge in [0.25, 0.3) is 5.69 Å². The maximum Gasteiger partial charge on any atom is 0.271 e. The van der Waals surface area contributed by atoms with E-state index in [0.717, 1.165) is 28.5 Å². The molecule has 0 N–H and O–H groups in total. The second-order valence-electron chi connectivity index (χ2n) is 7.37. The first kappa shape index (κ1) is 22.7. The lowest BCUT2D eigenvalue weighted by molar-refractivity contribution is -0.384. The third-order valence-corrected chi connectivity index (χ3v) is 9.48. The SMILES string of the molecule is CC[P@@](=Nc1cc([N+](=O)[O-])ccc1OC)(c1c(C)nn(-c2ccccc2)c1C)N(C)C. The van der Waals surface area contributed by atoms with E-state index in [2.05, 4.69) is 18.5 Å². The predicted molar refractivity (Wildman–Crippen MR) is 126 cm³/mol. The number of nitro benzene ring substituents is 1. The van der Waals surface area contributed by atoms with E-state index < -0.39 is 12.1 Å². The molecule has 0 radical (unpaired) electrons. The van der Waals surface area contributed by atoms with Crippen LogP contribution in [0.1, 0.15) is 18.3 Å². The largest absolute Gasteiger partial charge is 0.494 e. The molecule has 164 valence electrons. The molecule has 8 nitrogen and oxygen atoms in total. The Balaban J connectivity index is 2.33. The molecular formula is C22H28N5O3P. The average molecular weight is 441 g/mol. The standard InChI is InChI=1S/C22H28N5O3P/c1-7-31(25(4)5,24-20-15-19(27(28)29)13-14-21(20)30-6)22-16(2)23-26(17(22)3)18-11-9-8-10-12-18/h8-15H,7H2,1-6H3/t31-/m0/s1. The summed E-state index contributed by atoms with van der Waals surface area (Å²) in [5.74, 6) is 0.510. The Kier molecular flexibility index (Phi) is 6.62. The van der Waals surface area contributed by atoms with Crippen LogP contribution in [-0.2, 0) is 0 Å². The van der Waals surface area contributed by atoms with Crippen molar-refractivity contribution in [2.45, 2.75) is 20.8 Å². The van der Waals surface area contributed by atoms with Gasteiger partial charge < -0.3 is 4.74 Å². The number of hydrogen-bond donors (Lipinski definition) is 0. The van der Waals surface area contributed by atoms with Crippen molar-refractivity contribution < 1.29 is 9.66 Å². The van der Waals surface area contributed by atoms with E-state index in [0.29, 0.717) is 11.4 Å². The van der Waals surface area contributed by atoms with Gasteiger partial charge in [-0.2, -0.15) is 5.10 Å². The summed E-state index contributed by atoms with van der Waals surface area (Å²) < 4.78 is 14.7. The molecule has 3 rings (SSSR count). The molecule has 0 spiro atoms. The third-order valence-electron chi connectivity index (χ3n) is 5.36. The molecular weight excluding hydrogens is 413 g/mol. The highest BCUT2D eigenvalue weighted by molar-refractivity contribution is 7.71. The zero-order chi connectivity index (χ0) is 22.8. The number of ether oxygens (including phenoxy) is 1. The number of aromatic nitrogens is 2. The summed E-state index contributed by atoms with van der Waals surface area (Å²) in [6.45, 7) is 6.15. The second-order valence-corrected chi connectivity index (χ2v) is 10.9. The molecule has 1 heterocycles. The van der Waals surface area contributed by atoms with Gasteiger partial charge in [0.05, 0.1) is 41.6 Å². The van der Waals surface area contributed by atoms with Gasteiger partial charge in [0.2, 0.25) is 0 Å². The summed E-state index contributed by atoms with van der Waals surface area (Å²) in [6.07, 6.45) is 0.744. The minimum absolute atomic E-state index is 0.0130. The molecule has 0 aliphatic rings. The number of non-ortho nitro benzene ring substituents is 1. The fourth-order valence-corrected chi connectivity index (χ4v) is 7.26. The Morgan fingerprint density at radius 2 is 1.87 bits per heavy atom. The van der Waals surface area contributed by atoms with Gasteiger partial charge in [-0.1, -0.05) is 25.1 Å². The maximum absolute atomic E-state index is 11.4. The van der Waals surface area contributed by atoms with Crippen molar-refractivity contribution in [1.29, 1.82) is 0 Å². The van der Waals surface area contributed by atoms with Crippen LogP contribution in [0, 0.1) is 24.0 Å². The van der Waals surface area contributed by atoms with Gasteiger partial charge in [0, 0.05) is 12.1 Å². The molecule has 1 atom stereocenters. The minimum Gasteiger partial charge on any atom is -0.494 e. The molecule has 9 heteroatoms. The van der Waals surface area contributed by atoms with Crippen molar-refractivity contribution in [2.75, 3.05) is 27.4 Å². The van der Waals surface area contributed by atoms with E-state index in [-0.39, 0.29) is 5.69 Å². The van der Waals surface area contributed by atoms with Crippen molar-refractivity contribution in [3.8, 4) is 11.4 Å². The van der Waals surface area contributed by atoms with Crippen LogP contribution in [0.3, 0.4) is 0 Å². The Hall–Kier alpha value is -2.96. The number of rotatable bonds is 7. The van der Waals surface area contributed by atoms with E-state index in [9.17, 15) is 10.1 Å². The van der Waals surface area contributed by atoms with Crippen molar-refractivity contribution in [1.82, 2.24) is 14.5 Å². The minimum atomic E-state index is -2.32. The number of aryl methyl sites for hydroxylation is 1. The Labute approximate surface area is 182 Å². The first-order chi connectivity index (χ1) is 14.7. The molecule has 0 bridgehead atoms. The van der Waals surface area contributed by atoms with Crippen molar-refractivity contribution >= 4 is 23.9 Å². The number of benzene rings is 2. The predicted octanol–water partition coefficient (Wildman–Crippen LogP) is 5.06. The van der Waals surface area contributed by atoms with Crippen LogP contribution in [-0.4, -0.2) is 46.7 Å². The van der Waals surface area contributed by atoms with Crippen LogP contribution in [0.5, 0.6) is 5.75 Å². The quantitative estimate of drug-likeness (QED) is 0.291. The van der Waals surface area contributed by atoms with E-state index in [4.69, 9.17) is 14.6 Å². The molecule has 31 heavy (non-hydrogen) atoms. The topological polar surface area (TPSA) is 85.8 Å². The van der Waals surface area contributed by atoms with Crippen molar-refractivity contribution in [3.63, 3.8) is 0 Å². The number of nitrogens with zero attached hydrogens (tertiary/aromatic N) is 5. The lowest BCUT2D eigenvalue weighted by atomic mass is 10.2. The lowest BCUT2D eigenvalue weighted by Gasteiger charge is -2.31. The van der Waals surface area contributed by atoms with Crippen LogP contribution >= 0.6 is 7.21 Å². The molecule has 2 aromatic carbocycles. The highest BCUT2D eigenvalue weighted by Crippen LogP contribution is 2.55. The van der Waals surface area contributed by atoms with Crippen LogP contribution in [0.25, 0.3) is 5.69 Å². The molecule has 0 fully saturated rings. The summed E-state index contributed by atoms with van der Waals surface area (Å²) >= 11 is 0. The molecule has 0 amide bonds. The van der Waals surface area contributed by atoms with Gasteiger partial charge in [-0.25, -0.2) is 9.43 Å². The van der Waals surface area contributed by atoms with Gasteiger partial charge in [0.1, 0.15) is 11.4 Å². The highest BCUT2D eigenvalue weighted by Gasteiger charge is 2.31. The van der Waals surface area contributed by atoms with E-state index in [1.54, 1.807) is 13.2 Å². The van der Waals surface area contributed by atoms with Gasteiger partial charge in [-0.15, -0.1) is 0 Å². The average Bonchev–Trinajstić information content (AvgIpc) is 3.06. The molecule has 0 saturated heterocycles. The zero-order valence-electron chi connectivity index (χ0n) is 18.7. The van der Waals surface area contributed by atoms with Crippen LogP contribution in [0.4, 0.5) is 11.4 Å². The first-order valence-corrected chi connectivity index (χ1v) is 11.9. The number of methoxy groups -OCH3 is 1. The van der Waals surface area contributed by atoms with Crippen LogP contribution in [0.2, 0.25) is 0 Å². The summed E-state index contributed by atoms with van der Waals surface area (Å²) in [6, 6.07) is 14.5. The Morgan fingerprint density at radius 3 is 2.42 bits per heavy atom. The summed E-state index contributed by atoms with van der Waals surface area (Å²) in [5, 5.41) is 17.3. The van der Waals surface area contributed by atoms with E-state index >= 15 is 0 Å². The van der Waals surface area contributed by atoms with E-state index in [1.165, 1.54) is 12.1 Å². The number of hydrogen-bond acceptors (Lipinski definition) is 5. The summed E-state index contributed by atoms with van der Waals surface area (Å²) in [4.78, 5) is 11.0. The summed E-state index contributed by atoms with van der Waals surface area (Å²) in [5.41, 5.74) is 3.36. The molecule has 0 aliphatic carbocycles. The second kappa shape index (κ2) is 9.04. The van der Waals surface area contributed by atoms with Crippen LogP contribution in [0.15, 0.2) is 53.3 Å². The van der Waals surface area contributed by atoms with Gasteiger partial charge in [-0.05, 0) is 52.3 Å². The van der Waals surface area contributed by atoms with Gasteiger partial charge in [-0.3, -0.25) is 14.8 Å². The fourth-order valence-electron chi connectivity index (χ4n) is 3.87. The molecule has 0 unspecified atom stereocenters. The molecule has 1 aromatic heterocycles. The van der Waals surface area contributed by atoms with Crippen LogP contribution < -0.4 is 10.0 Å². The van der Waals surface area contributed by atoms with Crippen molar-refractivity contribution in [2.24, 2.45) is 4.74 Å². The normalized spacial score (nSPS) is 13.1. The molecule has 0 saturated carbocycles. The summed E-state index contributed by atoms with van der Waals surface area (Å²) in [7, 11) is 3.24. The first-order valence-electron chi connectivity index (χ1n) is 9.99. The lowest BCUT2D eigenvalue weighted by Crippen LogP contribution is -2.23. The number of nitro groups is 1. The maximum atomic E-state index is 11.4. The third kappa shape index (κ3) is 4.13. The zero-order valence-corrected chi connectivity index (χ0v) is 19.6. The number of para-hydroxylation sites is 1. The molecule has 3 aromatic rings. The van der Waals surface area contributed by atoms with Gasteiger partial charge >= 0.3 is 0 Å². The smallest absolute Gasteiger partial charge is 0.271 e. The highest BCUT2D eigenvalue weighted by atomic mass is 31.2. The van der Waals surface area contributed by atoms with E-state index in [1.807, 2.05) is 56.0 Å². The van der Waals surface area contributed by atoms with Gasteiger partial charge in [0.15, 0.2) is 0 Å². The Bertz CT molecular complexity index is 1160. The fraction of sp³-hybridized carbons (Fsp3) is 0.318. The molecule has 0 aliphatic heterocycles. The Morgan fingerprint density at radius 1 is 1.19 bits per heavy atom.